The Balaban J connectivity index is 2.26. The first-order valence-corrected chi connectivity index (χ1v) is 7.72. The molecule has 0 fully saturated rings. The summed E-state index contributed by atoms with van der Waals surface area (Å²) in [4.78, 5) is 19.9. The van der Waals surface area contributed by atoms with Crippen LogP contribution in [-0.2, 0) is 5.88 Å². The quantitative estimate of drug-likeness (QED) is 0.702. The normalized spacial score (nSPS) is 11.1. The number of rotatable bonds is 2. The van der Waals surface area contributed by atoms with Crippen molar-refractivity contribution in [1.29, 1.82) is 0 Å². The molecular formula is C13H8BrClN2OS. The number of halogens is 2. The largest absolute Gasteiger partial charge is 0.309 e. The number of hydrogen-bond donors (Lipinski definition) is 1. The highest BCUT2D eigenvalue weighted by atomic mass is 79.9. The number of H-pyrrole nitrogens is 1. The van der Waals surface area contributed by atoms with E-state index in [1.807, 2.05) is 29.6 Å². The molecule has 2 aromatic heterocycles. The lowest BCUT2D eigenvalue weighted by Crippen LogP contribution is -2.10. The van der Waals surface area contributed by atoms with Crippen molar-refractivity contribution in [3.05, 3.63) is 50.3 Å². The third-order valence-corrected chi connectivity index (χ3v) is 4.43. The summed E-state index contributed by atoms with van der Waals surface area (Å²) in [6, 6.07) is 7.85. The fourth-order valence-corrected chi connectivity index (χ4v) is 3.26. The predicted octanol–water partition coefficient (Wildman–Crippen LogP) is 4.15. The maximum absolute atomic E-state index is 12.1. The number of nitrogens with one attached hydrogen (secondary N) is 1. The van der Waals surface area contributed by atoms with E-state index in [1.165, 1.54) is 11.3 Å². The highest BCUT2D eigenvalue weighted by Gasteiger charge is 2.12. The van der Waals surface area contributed by atoms with Crippen LogP contribution in [0.1, 0.15) is 5.82 Å². The zero-order valence-corrected chi connectivity index (χ0v) is 12.8. The molecule has 2 heterocycles. The molecule has 0 saturated carbocycles. The molecule has 6 heteroatoms. The number of nitrogens with zero attached hydrogens (tertiary/aromatic N) is 1. The SMILES string of the molecule is O=c1[nH]c(CCl)nc2scc(-c3ccc(Br)cc3)c12. The molecule has 0 saturated heterocycles. The average molecular weight is 356 g/mol. The summed E-state index contributed by atoms with van der Waals surface area (Å²) in [5.41, 5.74) is 1.77. The third kappa shape index (κ3) is 2.33. The molecule has 96 valence electrons. The Labute approximate surface area is 126 Å². The molecule has 3 aromatic rings. The van der Waals surface area contributed by atoms with Crippen LogP contribution >= 0.6 is 38.9 Å². The van der Waals surface area contributed by atoms with E-state index in [1.54, 1.807) is 0 Å². The highest BCUT2D eigenvalue weighted by Crippen LogP contribution is 2.31. The second-order valence-corrected chi connectivity index (χ2v) is 6.02. The Bertz CT molecular complexity index is 795. The molecule has 0 amide bonds. The zero-order valence-electron chi connectivity index (χ0n) is 9.61. The molecule has 1 N–H and O–H groups in total. The van der Waals surface area contributed by atoms with Gasteiger partial charge in [0.05, 0.1) is 11.3 Å². The lowest BCUT2D eigenvalue weighted by molar-refractivity contribution is 1.04. The van der Waals surface area contributed by atoms with Crippen LogP contribution < -0.4 is 5.56 Å². The van der Waals surface area contributed by atoms with E-state index in [0.717, 1.165) is 20.4 Å². The van der Waals surface area contributed by atoms with Crippen molar-refractivity contribution in [2.24, 2.45) is 0 Å². The van der Waals surface area contributed by atoms with Crippen LogP contribution in [0.4, 0.5) is 0 Å². The Morgan fingerprint density at radius 3 is 2.74 bits per heavy atom. The van der Waals surface area contributed by atoms with E-state index >= 15 is 0 Å². The first kappa shape index (κ1) is 12.8. The van der Waals surface area contributed by atoms with E-state index in [-0.39, 0.29) is 11.4 Å². The van der Waals surface area contributed by atoms with Gasteiger partial charge in [-0.1, -0.05) is 28.1 Å². The zero-order chi connectivity index (χ0) is 13.4. The maximum atomic E-state index is 12.1. The number of aromatic nitrogens is 2. The number of fused-ring (bicyclic) bond motifs is 1. The van der Waals surface area contributed by atoms with Crippen molar-refractivity contribution in [3.63, 3.8) is 0 Å². The molecule has 0 atom stereocenters. The standard InChI is InChI=1S/C13H8BrClN2OS/c14-8-3-1-7(2-4-8)9-6-19-13-11(9)12(18)16-10(5-15)17-13/h1-4,6H,5H2,(H,16,17,18). The molecule has 3 rings (SSSR count). The van der Waals surface area contributed by atoms with E-state index in [4.69, 9.17) is 11.6 Å². The minimum atomic E-state index is -0.139. The summed E-state index contributed by atoms with van der Waals surface area (Å²) < 4.78 is 1.01. The smallest absolute Gasteiger partial charge is 0.260 e. The third-order valence-electron chi connectivity index (χ3n) is 2.77. The van der Waals surface area contributed by atoms with Crippen LogP contribution in [0.3, 0.4) is 0 Å². The van der Waals surface area contributed by atoms with Gasteiger partial charge in [-0.15, -0.1) is 22.9 Å². The van der Waals surface area contributed by atoms with Gasteiger partial charge in [0.1, 0.15) is 10.7 Å². The van der Waals surface area contributed by atoms with Crippen molar-refractivity contribution in [3.8, 4) is 11.1 Å². The molecule has 0 radical (unpaired) electrons. The lowest BCUT2D eigenvalue weighted by atomic mass is 10.1. The second-order valence-electron chi connectivity index (χ2n) is 3.98. The molecule has 0 aliphatic heterocycles. The summed E-state index contributed by atoms with van der Waals surface area (Å²) in [7, 11) is 0. The summed E-state index contributed by atoms with van der Waals surface area (Å²) >= 11 is 10.6. The van der Waals surface area contributed by atoms with Crippen molar-refractivity contribution in [2.45, 2.75) is 5.88 Å². The Morgan fingerprint density at radius 2 is 2.05 bits per heavy atom. The predicted molar refractivity (Wildman–Crippen MR) is 82.9 cm³/mol. The molecule has 0 bridgehead atoms. The second kappa shape index (κ2) is 5.07. The van der Waals surface area contributed by atoms with Crippen molar-refractivity contribution < 1.29 is 0 Å². The van der Waals surface area contributed by atoms with Gasteiger partial charge in [-0.05, 0) is 17.7 Å². The fraction of sp³-hybridized carbons (Fsp3) is 0.0769. The van der Waals surface area contributed by atoms with Crippen LogP contribution in [-0.4, -0.2) is 9.97 Å². The summed E-state index contributed by atoms with van der Waals surface area (Å²) in [6.07, 6.45) is 0. The monoisotopic (exact) mass is 354 g/mol. The Kier molecular flexibility index (Phi) is 3.43. The average Bonchev–Trinajstić information content (AvgIpc) is 2.84. The van der Waals surface area contributed by atoms with Crippen LogP contribution in [0.25, 0.3) is 21.3 Å². The van der Waals surface area contributed by atoms with Gasteiger partial charge in [-0.3, -0.25) is 4.79 Å². The van der Waals surface area contributed by atoms with Gasteiger partial charge in [-0.2, -0.15) is 0 Å². The molecule has 3 nitrogen and oxygen atoms in total. The van der Waals surface area contributed by atoms with E-state index in [2.05, 4.69) is 25.9 Å². The first-order chi connectivity index (χ1) is 9.19. The number of thiophene rings is 1. The molecule has 0 spiro atoms. The molecule has 19 heavy (non-hydrogen) atoms. The van der Waals surface area contributed by atoms with E-state index in [0.29, 0.717) is 11.2 Å². The molecule has 0 unspecified atom stereocenters. The van der Waals surface area contributed by atoms with Crippen molar-refractivity contribution in [2.75, 3.05) is 0 Å². The van der Waals surface area contributed by atoms with Crippen LogP contribution in [0.2, 0.25) is 0 Å². The van der Waals surface area contributed by atoms with Gasteiger partial charge in [0.15, 0.2) is 0 Å². The highest BCUT2D eigenvalue weighted by molar-refractivity contribution is 9.10. The fourth-order valence-electron chi connectivity index (χ4n) is 1.90. The summed E-state index contributed by atoms with van der Waals surface area (Å²) in [5, 5.41) is 2.58. The van der Waals surface area contributed by atoms with Crippen LogP contribution in [0.5, 0.6) is 0 Å². The van der Waals surface area contributed by atoms with Gasteiger partial charge >= 0.3 is 0 Å². The van der Waals surface area contributed by atoms with E-state index < -0.39 is 0 Å². The number of benzene rings is 1. The van der Waals surface area contributed by atoms with Gasteiger partial charge in [-0.25, -0.2) is 4.98 Å². The van der Waals surface area contributed by atoms with Gasteiger partial charge < -0.3 is 4.98 Å². The van der Waals surface area contributed by atoms with Crippen LogP contribution in [0.15, 0.2) is 38.9 Å². The minimum absolute atomic E-state index is 0.139. The van der Waals surface area contributed by atoms with Gasteiger partial charge in [0, 0.05) is 15.4 Å². The Morgan fingerprint density at radius 1 is 1.32 bits per heavy atom. The van der Waals surface area contributed by atoms with Gasteiger partial charge in [0.25, 0.3) is 5.56 Å². The van der Waals surface area contributed by atoms with Crippen molar-refractivity contribution in [1.82, 2.24) is 9.97 Å². The minimum Gasteiger partial charge on any atom is -0.309 e. The van der Waals surface area contributed by atoms with Gasteiger partial charge in [0.2, 0.25) is 0 Å². The maximum Gasteiger partial charge on any atom is 0.260 e. The lowest BCUT2D eigenvalue weighted by Gasteiger charge is -2.00. The van der Waals surface area contributed by atoms with Crippen molar-refractivity contribution >= 4 is 49.1 Å². The van der Waals surface area contributed by atoms with E-state index in [9.17, 15) is 4.79 Å². The Hall–Kier alpha value is -1.17. The van der Waals surface area contributed by atoms with Crippen LogP contribution in [0, 0.1) is 0 Å². The number of alkyl halides is 1. The number of hydrogen-bond acceptors (Lipinski definition) is 3. The molecule has 0 aliphatic rings. The molecule has 0 aliphatic carbocycles. The number of aromatic amines is 1. The topological polar surface area (TPSA) is 45.8 Å². The first-order valence-electron chi connectivity index (χ1n) is 5.51. The summed E-state index contributed by atoms with van der Waals surface area (Å²) in [6.45, 7) is 0. The molecule has 1 aromatic carbocycles. The summed E-state index contributed by atoms with van der Waals surface area (Å²) in [5.74, 6) is 0.708. The molecular weight excluding hydrogens is 348 g/mol.